The van der Waals surface area contributed by atoms with E-state index < -0.39 is 91.6 Å². The minimum atomic E-state index is -4.04. The highest BCUT2D eigenvalue weighted by molar-refractivity contribution is 7.91. The summed E-state index contributed by atoms with van der Waals surface area (Å²) >= 11 is 0. The Bertz CT molecular complexity index is 2160. The number of benzene rings is 1. The van der Waals surface area contributed by atoms with E-state index in [1.54, 1.807) is 25.1 Å². The summed E-state index contributed by atoms with van der Waals surface area (Å²) in [5, 5.41) is 0.496. The fraction of sp³-hybridized carbons (Fsp3) is 0.674. The summed E-state index contributed by atoms with van der Waals surface area (Å²) in [5.41, 5.74) is -3.15. The summed E-state index contributed by atoms with van der Waals surface area (Å²) in [5.74, 6) is -7.94. The molecule has 3 fully saturated rings. The summed E-state index contributed by atoms with van der Waals surface area (Å²) in [6.45, 7) is 6.25. The van der Waals surface area contributed by atoms with Gasteiger partial charge in [0.1, 0.15) is 17.2 Å². The summed E-state index contributed by atoms with van der Waals surface area (Å²) < 4.78 is 85.1. The van der Waals surface area contributed by atoms with Crippen LogP contribution in [0.4, 0.5) is 8.78 Å². The molecule has 18 heteroatoms. The summed E-state index contributed by atoms with van der Waals surface area (Å²) in [4.78, 5) is 67.9. The van der Waals surface area contributed by atoms with Gasteiger partial charge in [-0.1, -0.05) is 25.1 Å². The van der Waals surface area contributed by atoms with E-state index in [1.807, 2.05) is 19.1 Å². The zero-order chi connectivity index (χ0) is 44.7. The number of ketones is 1. The first-order valence-electron chi connectivity index (χ1n) is 20.8. The molecule has 0 unspecified atom stereocenters. The second-order valence-corrected chi connectivity index (χ2v) is 20.3. The van der Waals surface area contributed by atoms with Crippen LogP contribution in [0.5, 0.6) is 17.6 Å². The van der Waals surface area contributed by atoms with Gasteiger partial charge in [0.25, 0.3) is 5.92 Å². The molecule has 4 aliphatic rings. The molecule has 0 radical (unpaired) electrons. The van der Waals surface area contributed by atoms with Crippen LogP contribution in [0.1, 0.15) is 92.4 Å². The maximum Gasteiger partial charge on any atom is 0.320 e. The Labute approximate surface area is 355 Å². The van der Waals surface area contributed by atoms with Crippen LogP contribution in [0.3, 0.4) is 0 Å². The lowest BCUT2D eigenvalue weighted by Crippen LogP contribution is -2.49. The van der Waals surface area contributed by atoms with E-state index in [1.165, 1.54) is 26.2 Å². The van der Waals surface area contributed by atoms with Crippen LogP contribution in [0.15, 0.2) is 30.4 Å². The molecule has 0 bridgehead atoms. The smallest absolute Gasteiger partial charge is 0.320 e. The zero-order valence-corrected chi connectivity index (χ0v) is 36.9. The minimum Gasteiger partial charge on any atom is -0.496 e. The Kier molecular flexibility index (Phi) is 13.1. The monoisotopic (exact) mass is 876 g/mol. The van der Waals surface area contributed by atoms with Crippen molar-refractivity contribution in [3.8, 4) is 17.6 Å². The molecule has 6 rings (SSSR count). The second kappa shape index (κ2) is 17.4. The van der Waals surface area contributed by atoms with Crippen LogP contribution in [0.25, 0.3) is 10.9 Å². The van der Waals surface area contributed by atoms with Gasteiger partial charge in [0.2, 0.25) is 27.7 Å². The average Bonchev–Trinajstić information content (AvgIpc) is 4.07. The standard InChI is InChI=1S/C43H58F2N4O11S/c1-25-12-9-10-13-27-21-43(27,38(53)48-61(54,55)41(4)16-17-41)22-32(50)31-19-28(59-39-46-30-14-11-15-33(57-7)35(30)36(47-39)58-8)23-49(31)37(52)29(26(18-25)24-56-6)20-34(51)60-40(2,3)42(5,44)45/h10-11,13-15,25-29,31H,9,12,16-24H2,1-8H3,(H,48,53)/b13-10-/t25-,26+,27-,28-,29+,31+,43-/m1/s1. The molecule has 1 aromatic heterocycles. The molecule has 0 spiro atoms. The number of nitrogens with zero attached hydrogens (tertiary/aromatic N) is 3. The van der Waals surface area contributed by atoms with Gasteiger partial charge < -0.3 is 28.6 Å². The van der Waals surface area contributed by atoms with Gasteiger partial charge in [-0.25, -0.2) is 17.2 Å². The topological polar surface area (TPSA) is 190 Å². The van der Waals surface area contributed by atoms with Gasteiger partial charge in [-0.3, -0.25) is 23.9 Å². The van der Waals surface area contributed by atoms with Crippen LogP contribution in [-0.2, 0) is 38.7 Å². The van der Waals surface area contributed by atoms with Crippen molar-refractivity contribution in [3.05, 3.63) is 30.4 Å². The van der Waals surface area contributed by atoms with E-state index in [4.69, 9.17) is 23.7 Å². The van der Waals surface area contributed by atoms with E-state index >= 15 is 4.79 Å². The third-order valence-electron chi connectivity index (χ3n) is 13.1. The fourth-order valence-electron chi connectivity index (χ4n) is 8.50. The van der Waals surface area contributed by atoms with Gasteiger partial charge in [-0.15, -0.1) is 0 Å². The number of amides is 2. The van der Waals surface area contributed by atoms with Crippen molar-refractivity contribution in [1.82, 2.24) is 19.6 Å². The lowest BCUT2D eigenvalue weighted by molar-refractivity contribution is -0.197. The molecule has 1 saturated heterocycles. The first-order valence-corrected chi connectivity index (χ1v) is 22.3. The van der Waals surface area contributed by atoms with Gasteiger partial charge in [0.05, 0.1) is 54.8 Å². The largest absolute Gasteiger partial charge is 0.496 e. The molecule has 61 heavy (non-hydrogen) atoms. The Balaban J connectivity index is 1.39. The predicted molar refractivity (Wildman–Crippen MR) is 218 cm³/mol. The van der Waals surface area contributed by atoms with Crippen molar-refractivity contribution in [1.29, 1.82) is 0 Å². The van der Waals surface area contributed by atoms with Crippen LogP contribution < -0.4 is 18.9 Å². The molecular formula is C43H58F2N4O11S. The van der Waals surface area contributed by atoms with Gasteiger partial charge in [-0.05, 0) is 89.2 Å². The van der Waals surface area contributed by atoms with Gasteiger partial charge >= 0.3 is 12.0 Å². The Morgan fingerprint density at radius 1 is 1.05 bits per heavy atom. The van der Waals surface area contributed by atoms with Crippen LogP contribution in [0, 0.1) is 29.1 Å². The van der Waals surface area contributed by atoms with E-state index in [0.717, 1.165) is 13.8 Å². The number of alkyl halides is 2. The normalized spacial score (nSPS) is 28.7. The van der Waals surface area contributed by atoms with Crippen molar-refractivity contribution in [2.75, 3.05) is 34.5 Å². The van der Waals surface area contributed by atoms with Gasteiger partial charge in [0.15, 0.2) is 11.4 Å². The number of rotatable bonds is 13. The SMILES string of the molecule is COC[C@@H]1C[C@H](C)CC/C=C\[C@@H]2C[C@@]2(C(=O)NS(=O)(=O)C2(C)CC2)CC(=O)[C@@H]2C[C@@H](Oc3nc(OC)c4c(OC)cccc4n3)CN2C(=O)[C@H]1CC(=O)OC(C)(C)C(C)(F)F. The summed E-state index contributed by atoms with van der Waals surface area (Å²) in [6, 6.07) is 3.86. The van der Waals surface area contributed by atoms with Crippen molar-refractivity contribution in [3.63, 3.8) is 0 Å². The number of nitrogens with one attached hydrogen (secondary N) is 1. The number of hydrogen-bond donors (Lipinski definition) is 1. The molecule has 2 amide bonds. The zero-order valence-electron chi connectivity index (χ0n) is 36.1. The van der Waals surface area contributed by atoms with Crippen molar-refractivity contribution in [2.45, 2.75) is 121 Å². The summed E-state index contributed by atoms with van der Waals surface area (Å²) in [6.07, 6.45) is 4.54. The number of carbonyl (C=O) groups excluding carboxylic acids is 4. The second-order valence-electron chi connectivity index (χ2n) is 18.1. The lowest BCUT2D eigenvalue weighted by atomic mass is 9.81. The van der Waals surface area contributed by atoms with E-state index in [0.29, 0.717) is 55.7 Å². The molecule has 1 N–H and O–H groups in total. The first kappa shape index (κ1) is 46.1. The highest BCUT2D eigenvalue weighted by atomic mass is 32.2. The summed E-state index contributed by atoms with van der Waals surface area (Å²) in [7, 11) is 0.345. The third kappa shape index (κ3) is 9.64. The molecule has 7 atom stereocenters. The molecule has 1 aromatic carbocycles. The number of esters is 1. The third-order valence-corrected chi connectivity index (χ3v) is 15.3. The lowest BCUT2D eigenvalue weighted by Gasteiger charge is -2.35. The number of ether oxygens (including phenoxy) is 5. The number of halogens is 2. The number of fused-ring (bicyclic) bond motifs is 3. The maximum absolute atomic E-state index is 15.1. The number of Topliss-reactive ketones (excluding diaryl/α,β-unsaturated/α-hetero) is 1. The number of hydrogen-bond acceptors (Lipinski definition) is 13. The van der Waals surface area contributed by atoms with Crippen molar-refractivity contribution in [2.24, 2.45) is 29.1 Å². The quantitative estimate of drug-likeness (QED) is 0.194. The Hall–Kier alpha value is -4.45. The van der Waals surface area contributed by atoms with Crippen LogP contribution >= 0.6 is 0 Å². The van der Waals surface area contributed by atoms with Gasteiger partial charge in [0, 0.05) is 33.5 Å². The van der Waals surface area contributed by atoms with E-state index in [-0.39, 0.29) is 50.2 Å². The molecule has 336 valence electrons. The first-order chi connectivity index (χ1) is 28.6. The number of sulfonamides is 1. The Morgan fingerprint density at radius 2 is 1.77 bits per heavy atom. The Morgan fingerprint density at radius 3 is 2.41 bits per heavy atom. The molecule has 3 heterocycles. The van der Waals surface area contributed by atoms with Crippen LogP contribution in [-0.4, -0.2) is 110 Å². The molecule has 2 saturated carbocycles. The van der Waals surface area contributed by atoms with Crippen LogP contribution in [0.2, 0.25) is 0 Å². The molecule has 2 aromatic rings. The van der Waals surface area contributed by atoms with Crippen molar-refractivity contribution < 1.29 is 60.1 Å². The number of carbonyl (C=O) groups is 4. The molecular weight excluding hydrogens is 819 g/mol. The number of aromatic nitrogens is 2. The molecule has 15 nitrogen and oxygen atoms in total. The molecule has 2 aliphatic heterocycles. The number of allylic oxidation sites excluding steroid dienone is 2. The van der Waals surface area contributed by atoms with Crippen molar-refractivity contribution >= 4 is 44.5 Å². The molecule has 2 aliphatic carbocycles. The highest BCUT2D eigenvalue weighted by Gasteiger charge is 2.63. The minimum absolute atomic E-state index is 0.0138. The highest BCUT2D eigenvalue weighted by Crippen LogP contribution is 2.58. The van der Waals surface area contributed by atoms with E-state index in [9.17, 15) is 31.6 Å². The predicted octanol–water partition coefficient (Wildman–Crippen LogP) is 5.58. The fourth-order valence-corrected chi connectivity index (χ4v) is 9.84. The number of methoxy groups -OCH3 is 3. The average molecular weight is 877 g/mol. The maximum atomic E-state index is 15.1. The van der Waals surface area contributed by atoms with E-state index in [2.05, 4.69) is 14.7 Å². The van der Waals surface area contributed by atoms with Gasteiger partial charge in [-0.2, -0.15) is 9.97 Å².